The van der Waals surface area contributed by atoms with Crippen LogP contribution in [0.5, 0.6) is 0 Å². The highest BCUT2D eigenvalue weighted by Gasteiger charge is 2.05. The molecule has 0 atom stereocenters. The van der Waals surface area contributed by atoms with Gasteiger partial charge in [0.1, 0.15) is 5.82 Å². The predicted molar refractivity (Wildman–Crippen MR) is 74.2 cm³/mol. The lowest BCUT2D eigenvalue weighted by molar-refractivity contribution is 0.0957. The van der Waals surface area contributed by atoms with Crippen LogP contribution in [0, 0.1) is 0 Å². The molecule has 0 saturated carbocycles. The Balaban J connectivity index is 2.01. The van der Waals surface area contributed by atoms with E-state index >= 15 is 0 Å². The van der Waals surface area contributed by atoms with Gasteiger partial charge >= 0.3 is 0 Å². The van der Waals surface area contributed by atoms with Crippen molar-refractivity contribution in [3.05, 3.63) is 52.7 Å². The number of halogens is 1. The molecule has 6 heteroatoms. The normalized spacial score (nSPS) is 10.0. The van der Waals surface area contributed by atoms with Crippen LogP contribution in [-0.4, -0.2) is 23.2 Å². The maximum atomic E-state index is 11.3. The maximum absolute atomic E-state index is 11.3. The van der Waals surface area contributed by atoms with E-state index in [0.29, 0.717) is 17.4 Å². The Kier molecular flexibility index (Phi) is 4.30. The second kappa shape index (κ2) is 6.15. The van der Waals surface area contributed by atoms with Crippen molar-refractivity contribution in [1.82, 2.24) is 15.5 Å². The molecule has 2 aromatic rings. The average Bonchev–Trinajstić information content (AvgIpc) is 2.46. The third-order valence-corrected chi connectivity index (χ3v) is 2.91. The van der Waals surface area contributed by atoms with Crippen molar-refractivity contribution >= 4 is 23.3 Å². The van der Waals surface area contributed by atoms with Gasteiger partial charge in [-0.1, -0.05) is 29.8 Å². The minimum Gasteiger partial charge on any atom is -0.364 e. The average molecular weight is 277 g/mol. The molecule has 0 spiro atoms. The fraction of sp³-hybridized carbons (Fsp3) is 0.154. The number of hydrogen-bond donors (Lipinski definition) is 2. The minimum absolute atomic E-state index is 0.259. The molecule has 0 saturated heterocycles. The van der Waals surface area contributed by atoms with Gasteiger partial charge in [-0.05, 0) is 23.8 Å². The van der Waals surface area contributed by atoms with Gasteiger partial charge in [0.2, 0.25) is 0 Å². The van der Waals surface area contributed by atoms with E-state index < -0.39 is 0 Å². The molecule has 1 heterocycles. The number of benzene rings is 1. The second-order valence-corrected chi connectivity index (χ2v) is 4.24. The number of carbonyl (C=O) groups is 1. The molecule has 0 aliphatic carbocycles. The van der Waals surface area contributed by atoms with Crippen LogP contribution in [0.3, 0.4) is 0 Å². The highest BCUT2D eigenvalue weighted by Crippen LogP contribution is 2.16. The summed E-state index contributed by atoms with van der Waals surface area (Å²) in [5.41, 5.74) is 1.26. The Hall–Kier alpha value is -2.14. The lowest BCUT2D eigenvalue weighted by Crippen LogP contribution is -2.19. The van der Waals surface area contributed by atoms with Crippen molar-refractivity contribution in [2.24, 2.45) is 0 Å². The van der Waals surface area contributed by atoms with Gasteiger partial charge in [0.25, 0.3) is 5.91 Å². The molecule has 1 aromatic heterocycles. The van der Waals surface area contributed by atoms with E-state index in [2.05, 4.69) is 20.8 Å². The number of amides is 1. The monoisotopic (exact) mass is 276 g/mol. The van der Waals surface area contributed by atoms with Crippen LogP contribution in [-0.2, 0) is 6.54 Å². The van der Waals surface area contributed by atoms with Gasteiger partial charge in [0.15, 0.2) is 5.69 Å². The molecule has 5 nitrogen and oxygen atoms in total. The number of hydrogen-bond acceptors (Lipinski definition) is 4. The first-order valence-corrected chi connectivity index (χ1v) is 6.11. The van der Waals surface area contributed by atoms with Gasteiger partial charge in [0, 0.05) is 18.6 Å². The molecule has 19 heavy (non-hydrogen) atoms. The Bertz CT molecular complexity index is 571. The summed E-state index contributed by atoms with van der Waals surface area (Å²) < 4.78 is 0. The molecular weight excluding hydrogens is 264 g/mol. The zero-order valence-electron chi connectivity index (χ0n) is 10.4. The summed E-state index contributed by atoms with van der Waals surface area (Å²) in [7, 11) is 1.55. The molecule has 0 bridgehead atoms. The van der Waals surface area contributed by atoms with Crippen LogP contribution >= 0.6 is 11.6 Å². The number of anilines is 1. The van der Waals surface area contributed by atoms with Crippen LogP contribution in [0.15, 0.2) is 36.4 Å². The first kappa shape index (κ1) is 13.3. The van der Waals surface area contributed by atoms with Crippen molar-refractivity contribution in [2.45, 2.75) is 6.54 Å². The Labute approximate surface area is 116 Å². The summed E-state index contributed by atoms with van der Waals surface area (Å²) in [4.78, 5) is 11.3. The number of aromatic nitrogens is 2. The molecule has 0 unspecified atom stereocenters. The quantitative estimate of drug-likeness (QED) is 0.897. The van der Waals surface area contributed by atoms with Crippen molar-refractivity contribution in [3.8, 4) is 0 Å². The Morgan fingerprint density at radius 3 is 2.63 bits per heavy atom. The zero-order valence-corrected chi connectivity index (χ0v) is 11.1. The molecule has 1 amide bonds. The third kappa shape index (κ3) is 3.42. The summed E-state index contributed by atoms with van der Waals surface area (Å²) >= 11 is 6.05. The minimum atomic E-state index is -0.259. The molecule has 2 rings (SSSR count). The Morgan fingerprint density at radius 1 is 1.21 bits per heavy atom. The molecular formula is C13H13ClN4O. The fourth-order valence-electron chi connectivity index (χ4n) is 1.50. The fourth-order valence-corrected chi connectivity index (χ4v) is 1.71. The molecule has 0 radical (unpaired) electrons. The SMILES string of the molecule is CNC(=O)c1ccc(NCc2ccccc2Cl)nn1. The smallest absolute Gasteiger partial charge is 0.271 e. The topological polar surface area (TPSA) is 66.9 Å². The molecule has 0 fully saturated rings. The van der Waals surface area contributed by atoms with Crippen LogP contribution in [0.1, 0.15) is 16.1 Å². The molecule has 2 N–H and O–H groups in total. The van der Waals surface area contributed by atoms with E-state index in [4.69, 9.17) is 11.6 Å². The first-order chi connectivity index (χ1) is 9.20. The van der Waals surface area contributed by atoms with Crippen molar-refractivity contribution in [3.63, 3.8) is 0 Å². The number of rotatable bonds is 4. The summed E-state index contributed by atoms with van der Waals surface area (Å²) in [5, 5.41) is 14.0. The van der Waals surface area contributed by atoms with Crippen LogP contribution in [0.2, 0.25) is 5.02 Å². The Morgan fingerprint density at radius 2 is 2.00 bits per heavy atom. The van der Waals surface area contributed by atoms with E-state index in [1.165, 1.54) is 0 Å². The summed E-state index contributed by atoms with van der Waals surface area (Å²) in [6, 6.07) is 10.9. The van der Waals surface area contributed by atoms with E-state index in [1.807, 2.05) is 24.3 Å². The molecule has 0 aliphatic rings. The van der Waals surface area contributed by atoms with Crippen molar-refractivity contribution < 1.29 is 4.79 Å². The number of nitrogens with zero attached hydrogens (tertiary/aromatic N) is 2. The predicted octanol–water partition coefficient (Wildman–Crippen LogP) is 2.10. The standard InChI is InChI=1S/C13H13ClN4O/c1-15-13(19)11-6-7-12(18-17-11)16-8-9-4-2-3-5-10(9)14/h2-7H,8H2,1H3,(H,15,19)(H,16,18). The number of carbonyl (C=O) groups excluding carboxylic acids is 1. The highest BCUT2D eigenvalue weighted by atomic mass is 35.5. The lowest BCUT2D eigenvalue weighted by atomic mass is 10.2. The number of nitrogens with one attached hydrogen (secondary N) is 2. The first-order valence-electron chi connectivity index (χ1n) is 5.74. The summed E-state index contributed by atoms with van der Waals surface area (Å²) in [6.45, 7) is 0.549. The van der Waals surface area contributed by atoms with E-state index in [1.54, 1.807) is 19.2 Å². The van der Waals surface area contributed by atoms with Crippen molar-refractivity contribution in [1.29, 1.82) is 0 Å². The highest BCUT2D eigenvalue weighted by molar-refractivity contribution is 6.31. The third-order valence-electron chi connectivity index (χ3n) is 2.54. The second-order valence-electron chi connectivity index (χ2n) is 3.83. The van der Waals surface area contributed by atoms with E-state index in [0.717, 1.165) is 5.56 Å². The van der Waals surface area contributed by atoms with Crippen LogP contribution in [0.25, 0.3) is 0 Å². The maximum Gasteiger partial charge on any atom is 0.271 e. The molecule has 98 valence electrons. The van der Waals surface area contributed by atoms with Gasteiger partial charge in [0.05, 0.1) is 0 Å². The van der Waals surface area contributed by atoms with Crippen LogP contribution < -0.4 is 10.6 Å². The zero-order chi connectivity index (χ0) is 13.7. The van der Waals surface area contributed by atoms with E-state index in [-0.39, 0.29) is 11.6 Å². The largest absolute Gasteiger partial charge is 0.364 e. The van der Waals surface area contributed by atoms with Gasteiger partial charge < -0.3 is 10.6 Å². The van der Waals surface area contributed by atoms with E-state index in [9.17, 15) is 4.79 Å². The molecule has 1 aromatic carbocycles. The van der Waals surface area contributed by atoms with Gasteiger partial charge in [-0.2, -0.15) is 0 Å². The van der Waals surface area contributed by atoms with Crippen molar-refractivity contribution in [2.75, 3.05) is 12.4 Å². The summed E-state index contributed by atoms with van der Waals surface area (Å²) in [5.74, 6) is 0.331. The van der Waals surface area contributed by atoms with Gasteiger partial charge in [-0.15, -0.1) is 10.2 Å². The van der Waals surface area contributed by atoms with Gasteiger partial charge in [-0.3, -0.25) is 4.79 Å². The van der Waals surface area contributed by atoms with Crippen LogP contribution in [0.4, 0.5) is 5.82 Å². The van der Waals surface area contributed by atoms with Gasteiger partial charge in [-0.25, -0.2) is 0 Å². The lowest BCUT2D eigenvalue weighted by Gasteiger charge is -2.07. The molecule has 0 aliphatic heterocycles. The summed E-state index contributed by atoms with van der Waals surface area (Å²) in [6.07, 6.45) is 0.